The molecule has 2 heterocycles. The third-order valence-corrected chi connectivity index (χ3v) is 5.31. The molecule has 0 saturated carbocycles. The van der Waals surface area contributed by atoms with Crippen molar-refractivity contribution in [2.45, 2.75) is 26.2 Å². The fourth-order valence-electron chi connectivity index (χ4n) is 3.74. The van der Waals surface area contributed by atoms with E-state index in [4.69, 9.17) is 9.47 Å². The van der Waals surface area contributed by atoms with Gasteiger partial charge in [-0.2, -0.15) is 0 Å². The Bertz CT molecular complexity index is 655. The van der Waals surface area contributed by atoms with Crippen molar-refractivity contribution >= 4 is 11.8 Å². The van der Waals surface area contributed by atoms with E-state index in [1.54, 1.807) is 7.11 Å². The first kappa shape index (κ1) is 18.7. The van der Waals surface area contributed by atoms with Crippen molar-refractivity contribution in [3.05, 3.63) is 29.3 Å². The lowest BCUT2D eigenvalue weighted by Gasteiger charge is -2.28. The molecule has 0 bridgehead atoms. The highest BCUT2D eigenvalue weighted by molar-refractivity contribution is 5.94. The highest BCUT2D eigenvalue weighted by Gasteiger charge is 2.28. The number of ether oxygens (including phenoxy) is 2. The van der Waals surface area contributed by atoms with E-state index in [1.165, 1.54) is 0 Å². The molecule has 0 spiro atoms. The quantitative estimate of drug-likeness (QED) is 0.828. The van der Waals surface area contributed by atoms with E-state index in [9.17, 15) is 9.59 Å². The minimum absolute atomic E-state index is 0.0242. The maximum absolute atomic E-state index is 12.8. The molecule has 2 aliphatic rings. The largest absolute Gasteiger partial charge is 0.496 e. The second kappa shape index (κ2) is 8.54. The van der Waals surface area contributed by atoms with Crippen LogP contribution in [0.4, 0.5) is 0 Å². The summed E-state index contributed by atoms with van der Waals surface area (Å²) in [5.41, 5.74) is 1.62. The van der Waals surface area contributed by atoms with Crippen molar-refractivity contribution in [3.63, 3.8) is 0 Å². The molecule has 2 fully saturated rings. The molecule has 0 radical (unpaired) electrons. The van der Waals surface area contributed by atoms with Gasteiger partial charge in [0.1, 0.15) is 5.75 Å². The van der Waals surface area contributed by atoms with E-state index in [0.717, 1.165) is 37.1 Å². The van der Waals surface area contributed by atoms with Crippen LogP contribution < -0.4 is 4.74 Å². The van der Waals surface area contributed by atoms with Gasteiger partial charge >= 0.3 is 0 Å². The van der Waals surface area contributed by atoms with Gasteiger partial charge in [-0.25, -0.2) is 0 Å². The van der Waals surface area contributed by atoms with Crippen molar-refractivity contribution in [2.75, 3.05) is 46.5 Å². The molecule has 0 aliphatic carbocycles. The van der Waals surface area contributed by atoms with Crippen LogP contribution in [-0.2, 0) is 9.53 Å². The van der Waals surface area contributed by atoms with Crippen molar-refractivity contribution in [2.24, 2.45) is 5.92 Å². The molecular formula is C20H28N2O4. The van der Waals surface area contributed by atoms with Crippen LogP contribution in [0, 0.1) is 12.8 Å². The van der Waals surface area contributed by atoms with E-state index in [2.05, 4.69) is 0 Å². The molecule has 26 heavy (non-hydrogen) atoms. The Labute approximate surface area is 155 Å². The summed E-state index contributed by atoms with van der Waals surface area (Å²) >= 11 is 0. The molecule has 1 aromatic carbocycles. The highest BCUT2D eigenvalue weighted by atomic mass is 16.5. The van der Waals surface area contributed by atoms with E-state index < -0.39 is 0 Å². The molecule has 6 nitrogen and oxygen atoms in total. The summed E-state index contributed by atoms with van der Waals surface area (Å²) in [6, 6.07) is 5.52. The summed E-state index contributed by atoms with van der Waals surface area (Å²) in [4.78, 5) is 29.4. The normalized spacial score (nSPS) is 19.2. The monoisotopic (exact) mass is 360 g/mol. The second-order valence-corrected chi connectivity index (χ2v) is 7.04. The third kappa shape index (κ3) is 4.18. The zero-order valence-corrected chi connectivity index (χ0v) is 15.7. The summed E-state index contributed by atoms with van der Waals surface area (Å²) in [5.74, 6) is 1.11. The number of amides is 2. The van der Waals surface area contributed by atoms with Gasteiger partial charge in [0.15, 0.2) is 0 Å². The van der Waals surface area contributed by atoms with Crippen LogP contribution in [0.25, 0.3) is 0 Å². The van der Waals surface area contributed by atoms with Gasteiger partial charge < -0.3 is 19.3 Å². The molecule has 2 saturated heterocycles. The molecule has 6 heteroatoms. The average molecular weight is 360 g/mol. The first-order valence-electron chi connectivity index (χ1n) is 9.40. The Morgan fingerprint density at radius 1 is 1.08 bits per heavy atom. The molecule has 0 aromatic heterocycles. The summed E-state index contributed by atoms with van der Waals surface area (Å²) in [5, 5.41) is 0. The van der Waals surface area contributed by atoms with Gasteiger partial charge in [0, 0.05) is 50.9 Å². The van der Waals surface area contributed by atoms with Gasteiger partial charge in [0.05, 0.1) is 7.11 Å². The first-order chi connectivity index (χ1) is 12.6. The van der Waals surface area contributed by atoms with Crippen molar-refractivity contribution in [3.8, 4) is 5.75 Å². The SMILES string of the molecule is COc1ccc(C(=O)N2CCCN(C(=O)C3CCOCC3)CC2)cc1C. The van der Waals surface area contributed by atoms with Crippen LogP contribution >= 0.6 is 0 Å². The van der Waals surface area contributed by atoms with Crippen LogP contribution in [0.3, 0.4) is 0 Å². The lowest BCUT2D eigenvalue weighted by Crippen LogP contribution is -2.41. The molecule has 0 N–H and O–H groups in total. The molecule has 1 aromatic rings. The Kier molecular flexibility index (Phi) is 6.14. The molecule has 2 amide bonds. The number of methoxy groups -OCH3 is 1. The van der Waals surface area contributed by atoms with E-state index in [0.29, 0.717) is 38.4 Å². The number of rotatable bonds is 3. The molecule has 0 atom stereocenters. The third-order valence-electron chi connectivity index (χ3n) is 5.31. The average Bonchev–Trinajstić information content (AvgIpc) is 2.93. The number of benzene rings is 1. The number of carbonyl (C=O) groups is 2. The maximum atomic E-state index is 12.8. The Morgan fingerprint density at radius 2 is 1.77 bits per heavy atom. The summed E-state index contributed by atoms with van der Waals surface area (Å²) in [7, 11) is 1.63. The minimum Gasteiger partial charge on any atom is -0.496 e. The highest BCUT2D eigenvalue weighted by Crippen LogP contribution is 2.21. The fraction of sp³-hybridized carbons (Fsp3) is 0.600. The van der Waals surface area contributed by atoms with Crippen LogP contribution in [-0.4, -0.2) is 68.1 Å². The smallest absolute Gasteiger partial charge is 0.253 e. The number of aryl methyl sites for hydroxylation is 1. The summed E-state index contributed by atoms with van der Waals surface area (Å²) in [6.45, 7) is 5.88. The molecular weight excluding hydrogens is 332 g/mol. The summed E-state index contributed by atoms with van der Waals surface area (Å²) < 4.78 is 10.6. The van der Waals surface area contributed by atoms with Crippen LogP contribution in [0.2, 0.25) is 0 Å². The van der Waals surface area contributed by atoms with Gasteiger partial charge in [0.25, 0.3) is 5.91 Å². The standard InChI is InChI=1S/C20H28N2O4/c1-15-14-17(4-5-18(15)25-2)20(24)22-9-3-8-21(10-11-22)19(23)16-6-12-26-13-7-16/h4-5,14,16H,3,6-13H2,1-2H3. The molecule has 3 rings (SSSR count). The predicted octanol–water partition coefficient (Wildman–Crippen LogP) is 2.10. The predicted molar refractivity (Wildman–Crippen MR) is 98.4 cm³/mol. The van der Waals surface area contributed by atoms with E-state index in [1.807, 2.05) is 34.9 Å². The molecule has 2 aliphatic heterocycles. The number of carbonyl (C=O) groups excluding carboxylic acids is 2. The van der Waals surface area contributed by atoms with Crippen LogP contribution in [0.5, 0.6) is 5.75 Å². The van der Waals surface area contributed by atoms with Gasteiger partial charge in [-0.3, -0.25) is 9.59 Å². The van der Waals surface area contributed by atoms with Gasteiger partial charge in [-0.1, -0.05) is 0 Å². The van der Waals surface area contributed by atoms with Gasteiger partial charge in [0.2, 0.25) is 5.91 Å². The molecule has 142 valence electrons. The topological polar surface area (TPSA) is 59.1 Å². The fourth-order valence-corrected chi connectivity index (χ4v) is 3.74. The first-order valence-corrected chi connectivity index (χ1v) is 9.40. The van der Waals surface area contributed by atoms with E-state index >= 15 is 0 Å². The Hall–Kier alpha value is -2.08. The van der Waals surface area contributed by atoms with Gasteiger partial charge in [-0.05, 0) is 49.9 Å². The van der Waals surface area contributed by atoms with Crippen LogP contribution in [0.15, 0.2) is 18.2 Å². The minimum atomic E-state index is 0.0242. The Balaban J connectivity index is 1.61. The van der Waals surface area contributed by atoms with Crippen molar-refractivity contribution in [1.82, 2.24) is 9.80 Å². The summed E-state index contributed by atoms with van der Waals surface area (Å²) in [6.07, 6.45) is 2.43. The zero-order chi connectivity index (χ0) is 18.5. The van der Waals surface area contributed by atoms with E-state index in [-0.39, 0.29) is 17.7 Å². The van der Waals surface area contributed by atoms with Crippen molar-refractivity contribution < 1.29 is 19.1 Å². The van der Waals surface area contributed by atoms with Gasteiger partial charge in [-0.15, -0.1) is 0 Å². The van der Waals surface area contributed by atoms with Crippen LogP contribution in [0.1, 0.15) is 35.2 Å². The lowest BCUT2D eigenvalue weighted by molar-refractivity contribution is -0.138. The lowest BCUT2D eigenvalue weighted by atomic mass is 9.98. The molecule has 0 unspecified atom stereocenters. The maximum Gasteiger partial charge on any atom is 0.253 e. The number of nitrogens with zero attached hydrogens (tertiary/aromatic N) is 2. The Morgan fingerprint density at radius 3 is 2.46 bits per heavy atom. The number of hydrogen-bond donors (Lipinski definition) is 0. The number of hydrogen-bond acceptors (Lipinski definition) is 4. The zero-order valence-electron chi connectivity index (χ0n) is 15.7. The van der Waals surface area contributed by atoms with Crippen molar-refractivity contribution in [1.29, 1.82) is 0 Å². The second-order valence-electron chi connectivity index (χ2n) is 7.04.